The third-order valence-electron chi connectivity index (χ3n) is 4.10. The predicted molar refractivity (Wildman–Crippen MR) is 82.9 cm³/mol. The van der Waals surface area contributed by atoms with E-state index in [4.69, 9.17) is 5.73 Å². The number of methoxy groups -OCH3 is 1. The van der Waals surface area contributed by atoms with Gasteiger partial charge in [0.05, 0.1) is 17.6 Å². The summed E-state index contributed by atoms with van der Waals surface area (Å²) in [4.78, 5) is 11.5. The van der Waals surface area contributed by atoms with Gasteiger partial charge in [-0.05, 0) is 49.6 Å². The van der Waals surface area contributed by atoms with Gasteiger partial charge in [0, 0.05) is 6.04 Å². The minimum absolute atomic E-state index is 0.121. The molecule has 3 N–H and O–H groups in total. The Hall–Kier alpha value is -1.44. The summed E-state index contributed by atoms with van der Waals surface area (Å²) in [5.74, 6) is -0.315. The summed E-state index contributed by atoms with van der Waals surface area (Å²) in [5.41, 5.74) is 6.05. The molecule has 6 nitrogen and oxygen atoms in total. The lowest BCUT2D eigenvalue weighted by Crippen LogP contribution is -2.44. The Morgan fingerprint density at radius 1 is 1.27 bits per heavy atom. The minimum Gasteiger partial charge on any atom is -0.465 e. The molecular formula is C15H22N2O4S. The Kier molecular flexibility index (Phi) is 5.55. The number of benzene rings is 1. The predicted octanol–water partition coefficient (Wildman–Crippen LogP) is 1.27. The van der Waals surface area contributed by atoms with Crippen molar-refractivity contribution in [3.05, 3.63) is 29.8 Å². The normalized spacial score (nSPS) is 22.3. The lowest BCUT2D eigenvalue weighted by atomic mass is 9.85. The van der Waals surface area contributed by atoms with Crippen LogP contribution in [0.2, 0.25) is 0 Å². The molecule has 2 rings (SSSR count). The van der Waals surface area contributed by atoms with E-state index < -0.39 is 16.0 Å². The van der Waals surface area contributed by atoms with Crippen LogP contribution in [0, 0.1) is 5.92 Å². The maximum atomic E-state index is 12.4. The number of hydrogen-bond donors (Lipinski definition) is 2. The Labute approximate surface area is 131 Å². The van der Waals surface area contributed by atoms with E-state index in [0.717, 1.165) is 25.7 Å². The largest absolute Gasteiger partial charge is 0.465 e. The molecule has 0 radical (unpaired) electrons. The first kappa shape index (κ1) is 16.9. The number of esters is 1. The van der Waals surface area contributed by atoms with Gasteiger partial charge in [-0.2, -0.15) is 0 Å². The lowest BCUT2D eigenvalue weighted by molar-refractivity contribution is 0.0600. The molecule has 0 saturated heterocycles. The van der Waals surface area contributed by atoms with Crippen molar-refractivity contribution >= 4 is 16.0 Å². The second kappa shape index (κ2) is 7.21. The summed E-state index contributed by atoms with van der Waals surface area (Å²) in [6, 6.07) is 5.59. The lowest BCUT2D eigenvalue weighted by Gasteiger charge is -2.31. The van der Waals surface area contributed by atoms with E-state index >= 15 is 0 Å². The summed E-state index contributed by atoms with van der Waals surface area (Å²) in [6.07, 6.45) is 3.85. The molecule has 1 aliphatic rings. The summed E-state index contributed by atoms with van der Waals surface area (Å²) in [7, 11) is -2.33. The van der Waals surface area contributed by atoms with E-state index in [9.17, 15) is 13.2 Å². The van der Waals surface area contributed by atoms with Crippen molar-refractivity contribution in [3.8, 4) is 0 Å². The van der Waals surface area contributed by atoms with E-state index in [1.165, 1.54) is 31.4 Å². The topological polar surface area (TPSA) is 98.5 Å². The van der Waals surface area contributed by atoms with Gasteiger partial charge < -0.3 is 10.5 Å². The van der Waals surface area contributed by atoms with Crippen LogP contribution in [0.3, 0.4) is 0 Å². The third kappa shape index (κ3) is 3.85. The fourth-order valence-electron chi connectivity index (χ4n) is 2.80. The smallest absolute Gasteiger partial charge is 0.337 e. The molecule has 1 aromatic carbocycles. The molecule has 0 amide bonds. The summed E-state index contributed by atoms with van der Waals surface area (Å²) in [6.45, 7) is 0.481. The molecule has 7 heteroatoms. The molecule has 0 aromatic heterocycles. The van der Waals surface area contributed by atoms with Crippen molar-refractivity contribution in [2.24, 2.45) is 11.7 Å². The number of rotatable bonds is 5. The van der Waals surface area contributed by atoms with E-state index in [1.807, 2.05) is 0 Å². The summed E-state index contributed by atoms with van der Waals surface area (Å²) in [5, 5.41) is 0. The van der Waals surface area contributed by atoms with Crippen LogP contribution in [0.1, 0.15) is 36.0 Å². The molecule has 1 saturated carbocycles. The maximum Gasteiger partial charge on any atom is 0.337 e. The van der Waals surface area contributed by atoms with Crippen molar-refractivity contribution in [2.45, 2.75) is 36.6 Å². The number of hydrogen-bond acceptors (Lipinski definition) is 5. The van der Waals surface area contributed by atoms with Gasteiger partial charge >= 0.3 is 5.97 Å². The molecule has 122 valence electrons. The molecule has 22 heavy (non-hydrogen) atoms. The van der Waals surface area contributed by atoms with Crippen molar-refractivity contribution in [2.75, 3.05) is 13.7 Å². The van der Waals surface area contributed by atoms with Gasteiger partial charge in [0.1, 0.15) is 0 Å². The van der Waals surface area contributed by atoms with Crippen molar-refractivity contribution < 1.29 is 17.9 Å². The fraction of sp³-hybridized carbons (Fsp3) is 0.533. The number of carbonyl (C=O) groups is 1. The molecule has 1 aliphatic carbocycles. The molecule has 0 spiro atoms. The SMILES string of the molecule is COC(=O)c1ccc(S(=O)(=O)NC2CCCCC2CN)cc1. The van der Waals surface area contributed by atoms with Crippen LogP contribution in [0.25, 0.3) is 0 Å². The van der Waals surface area contributed by atoms with Gasteiger partial charge in [-0.15, -0.1) is 0 Å². The van der Waals surface area contributed by atoms with Crippen molar-refractivity contribution in [3.63, 3.8) is 0 Å². The highest BCUT2D eigenvalue weighted by Crippen LogP contribution is 2.25. The summed E-state index contributed by atoms with van der Waals surface area (Å²) < 4.78 is 32.2. The molecule has 2 atom stereocenters. The zero-order valence-corrected chi connectivity index (χ0v) is 13.4. The zero-order chi connectivity index (χ0) is 16.2. The molecule has 2 unspecified atom stereocenters. The van der Waals surface area contributed by atoms with Crippen LogP contribution in [0.5, 0.6) is 0 Å². The molecule has 0 bridgehead atoms. The van der Waals surface area contributed by atoms with Crippen molar-refractivity contribution in [1.82, 2.24) is 4.72 Å². The Balaban J connectivity index is 2.14. The second-order valence-corrected chi connectivity index (χ2v) is 7.24. The van der Waals surface area contributed by atoms with Gasteiger partial charge in [-0.1, -0.05) is 12.8 Å². The summed E-state index contributed by atoms with van der Waals surface area (Å²) >= 11 is 0. The Morgan fingerprint density at radius 2 is 1.91 bits per heavy atom. The molecule has 1 fully saturated rings. The first-order valence-corrected chi connectivity index (χ1v) is 8.87. The molecule has 0 heterocycles. The zero-order valence-electron chi connectivity index (χ0n) is 12.6. The van der Waals surface area contributed by atoms with Crippen LogP contribution in [0.4, 0.5) is 0 Å². The van der Waals surface area contributed by atoms with Crippen molar-refractivity contribution in [1.29, 1.82) is 0 Å². The van der Waals surface area contributed by atoms with E-state index in [1.54, 1.807) is 0 Å². The quantitative estimate of drug-likeness (QED) is 0.794. The van der Waals surface area contributed by atoms with Crippen LogP contribution in [0.15, 0.2) is 29.2 Å². The maximum absolute atomic E-state index is 12.4. The molecule has 1 aromatic rings. The average molecular weight is 326 g/mol. The molecular weight excluding hydrogens is 304 g/mol. The Bertz CT molecular complexity index is 613. The number of ether oxygens (including phenoxy) is 1. The van der Waals surface area contributed by atoms with Gasteiger partial charge in [-0.3, -0.25) is 0 Å². The van der Waals surface area contributed by atoms with Crippen LogP contribution in [-0.4, -0.2) is 34.1 Å². The number of nitrogens with one attached hydrogen (secondary N) is 1. The Morgan fingerprint density at radius 3 is 2.50 bits per heavy atom. The molecule has 0 aliphatic heterocycles. The van der Waals surface area contributed by atoms with Gasteiger partial charge in [0.25, 0.3) is 0 Å². The number of carbonyl (C=O) groups excluding carboxylic acids is 1. The van der Waals surface area contributed by atoms with Crippen LogP contribution >= 0.6 is 0 Å². The van der Waals surface area contributed by atoms with E-state index in [2.05, 4.69) is 9.46 Å². The number of nitrogens with two attached hydrogens (primary N) is 1. The second-order valence-electron chi connectivity index (χ2n) is 5.52. The third-order valence-corrected chi connectivity index (χ3v) is 5.61. The fourth-order valence-corrected chi connectivity index (χ4v) is 4.14. The van der Waals surface area contributed by atoms with Crippen LogP contribution < -0.4 is 10.5 Å². The highest BCUT2D eigenvalue weighted by atomic mass is 32.2. The van der Waals surface area contributed by atoms with Crippen LogP contribution in [-0.2, 0) is 14.8 Å². The van der Waals surface area contributed by atoms with Gasteiger partial charge in [0.15, 0.2) is 0 Å². The standard InChI is InChI=1S/C15H22N2O4S/c1-21-15(18)11-6-8-13(9-7-11)22(19,20)17-14-5-3-2-4-12(14)10-16/h6-9,12,14,17H,2-5,10,16H2,1H3. The highest BCUT2D eigenvalue weighted by molar-refractivity contribution is 7.89. The van der Waals surface area contributed by atoms with Gasteiger partial charge in [0.2, 0.25) is 10.0 Å². The first-order valence-electron chi connectivity index (χ1n) is 7.38. The minimum atomic E-state index is -3.61. The number of sulfonamides is 1. The highest BCUT2D eigenvalue weighted by Gasteiger charge is 2.28. The first-order chi connectivity index (χ1) is 10.5. The van der Waals surface area contributed by atoms with E-state index in [0.29, 0.717) is 12.1 Å². The average Bonchev–Trinajstić information content (AvgIpc) is 2.54. The monoisotopic (exact) mass is 326 g/mol. The van der Waals surface area contributed by atoms with Gasteiger partial charge in [-0.25, -0.2) is 17.9 Å². The van der Waals surface area contributed by atoms with E-state index in [-0.39, 0.29) is 16.9 Å².